The van der Waals surface area contributed by atoms with Crippen LogP contribution in [0.2, 0.25) is 0 Å². The minimum atomic E-state index is -0.822. The third-order valence-electron chi connectivity index (χ3n) is 3.68. The van der Waals surface area contributed by atoms with Crippen LogP contribution in [-0.2, 0) is 4.79 Å². The van der Waals surface area contributed by atoms with Crippen LogP contribution in [0.4, 0.5) is 5.69 Å². The number of pyridine rings is 1. The number of ether oxygens (including phenoxy) is 2. The van der Waals surface area contributed by atoms with Gasteiger partial charge in [0.1, 0.15) is 5.52 Å². The summed E-state index contributed by atoms with van der Waals surface area (Å²) in [5.41, 5.74) is 2.60. The number of hydrogen-bond acceptors (Lipinski definition) is 5. The van der Waals surface area contributed by atoms with Gasteiger partial charge in [-0.3, -0.25) is 9.78 Å². The lowest BCUT2D eigenvalue weighted by molar-refractivity contribution is -0.136. The number of aliphatic carboxylic acids is 1. The topological polar surface area (TPSA) is 71.9 Å². The Kier molecular flexibility index (Phi) is 3.58. The summed E-state index contributed by atoms with van der Waals surface area (Å²) in [5.74, 6) is 0.381. The van der Waals surface area contributed by atoms with Gasteiger partial charge >= 0.3 is 5.97 Å². The maximum atomic E-state index is 10.8. The Morgan fingerprint density at radius 2 is 2.18 bits per heavy atom. The molecule has 0 bridgehead atoms. The fraction of sp³-hybridized carbons (Fsp3) is 0.250. The molecule has 0 unspecified atom stereocenters. The van der Waals surface area contributed by atoms with E-state index in [0.29, 0.717) is 23.6 Å². The molecule has 1 aliphatic rings. The summed E-state index contributed by atoms with van der Waals surface area (Å²) in [5, 5.41) is 9.82. The van der Waals surface area contributed by atoms with Crippen molar-refractivity contribution in [1.29, 1.82) is 0 Å². The molecule has 0 saturated carbocycles. The molecule has 0 saturated heterocycles. The highest BCUT2D eigenvalue weighted by Gasteiger charge is 2.21. The largest absolute Gasteiger partial charge is 0.493 e. The molecule has 1 aliphatic heterocycles. The second-order valence-electron chi connectivity index (χ2n) is 4.91. The maximum absolute atomic E-state index is 10.8. The number of anilines is 1. The fourth-order valence-corrected chi connectivity index (χ4v) is 2.69. The van der Waals surface area contributed by atoms with Gasteiger partial charge < -0.3 is 19.5 Å². The van der Waals surface area contributed by atoms with E-state index in [2.05, 4.69) is 4.98 Å². The number of carboxylic acid groups (broad SMARTS) is 1. The summed E-state index contributed by atoms with van der Waals surface area (Å²) in [7, 11) is 3.17. The van der Waals surface area contributed by atoms with E-state index in [1.165, 1.54) is 0 Å². The number of rotatable bonds is 5. The van der Waals surface area contributed by atoms with Crippen LogP contribution >= 0.6 is 0 Å². The van der Waals surface area contributed by atoms with Crippen LogP contribution < -0.4 is 14.4 Å². The molecule has 0 aliphatic carbocycles. The van der Waals surface area contributed by atoms with Gasteiger partial charge in [0.2, 0.25) is 0 Å². The van der Waals surface area contributed by atoms with Crippen molar-refractivity contribution in [3.8, 4) is 11.5 Å². The lowest BCUT2D eigenvalue weighted by atomic mass is 10.0. The van der Waals surface area contributed by atoms with Gasteiger partial charge in [-0.1, -0.05) is 0 Å². The first-order valence-corrected chi connectivity index (χ1v) is 6.86. The SMILES string of the molecule is COc1cc2c3c(ccnc3c1OC)N(CCC(=O)O)C=C2. The molecule has 3 rings (SSSR count). The molecule has 2 aromatic rings. The van der Waals surface area contributed by atoms with E-state index < -0.39 is 5.97 Å². The third-order valence-corrected chi connectivity index (χ3v) is 3.68. The van der Waals surface area contributed by atoms with Crippen LogP contribution in [0, 0.1) is 0 Å². The highest BCUT2D eigenvalue weighted by Crippen LogP contribution is 2.42. The van der Waals surface area contributed by atoms with Gasteiger partial charge in [0, 0.05) is 24.3 Å². The van der Waals surface area contributed by atoms with E-state index in [0.717, 1.165) is 16.6 Å². The number of benzene rings is 1. The van der Waals surface area contributed by atoms with Crippen molar-refractivity contribution in [3.63, 3.8) is 0 Å². The molecular weight excluding hydrogens is 284 g/mol. The second-order valence-corrected chi connectivity index (χ2v) is 4.91. The standard InChI is InChI=1S/C16H16N2O4/c1-21-12-9-10-4-7-18(8-5-13(19)20)11-3-6-17-15(14(10)11)16(12)22-2/h3-4,6-7,9H,5,8H2,1-2H3,(H,19,20). The predicted octanol–water partition coefficient (Wildman–Crippen LogP) is 2.52. The number of aromatic nitrogens is 1. The van der Waals surface area contributed by atoms with Crippen molar-refractivity contribution in [3.05, 3.63) is 30.1 Å². The molecule has 0 atom stereocenters. The van der Waals surface area contributed by atoms with Crippen molar-refractivity contribution < 1.29 is 19.4 Å². The monoisotopic (exact) mass is 300 g/mol. The van der Waals surface area contributed by atoms with Crippen molar-refractivity contribution >= 4 is 28.6 Å². The van der Waals surface area contributed by atoms with Gasteiger partial charge in [-0.2, -0.15) is 0 Å². The van der Waals surface area contributed by atoms with E-state index >= 15 is 0 Å². The Morgan fingerprint density at radius 1 is 1.36 bits per heavy atom. The van der Waals surface area contributed by atoms with Crippen LogP contribution in [0.5, 0.6) is 11.5 Å². The summed E-state index contributed by atoms with van der Waals surface area (Å²) < 4.78 is 10.8. The van der Waals surface area contributed by atoms with Crippen LogP contribution in [0.25, 0.3) is 17.0 Å². The van der Waals surface area contributed by atoms with E-state index in [-0.39, 0.29) is 6.42 Å². The Labute approximate surface area is 127 Å². The number of nitrogens with zero attached hydrogens (tertiary/aromatic N) is 2. The summed E-state index contributed by atoms with van der Waals surface area (Å²) in [4.78, 5) is 17.1. The Morgan fingerprint density at radius 3 is 2.86 bits per heavy atom. The fourth-order valence-electron chi connectivity index (χ4n) is 2.69. The Bertz CT molecular complexity index is 770. The highest BCUT2D eigenvalue weighted by atomic mass is 16.5. The van der Waals surface area contributed by atoms with E-state index in [1.807, 2.05) is 29.3 Å². The number of carbonyl (C=O) groups is 1. The van der Waals surface area contributed by atoms with Crippen LogP contribution in [0.15, 0.2) is 24.5 Å². The number of methoxy groups -OCH3 is 2. The Hall–Kier alpha value is -2.76. The van der Waals surface area contributed by atoms with Crippen molar-refractivity contribution in [2.24, 2.45) is 0 Å². The zero-order valence-corrected chi connectivity index (χ0v) is 12.4. The summed E-state index contributed by atoms with van der Waals surface area (Å²) in [6.07, 6.45) is 5.57. The zero-order valence-electron chi connectivity index (χ0n) is 12.4. The van der Waals surface area contributed by atoms with Crippen molar-refractivity contribution in [1.82, 2.24) is 4.98 Å². The second kappa shape index (κ2) is 5.55. The molecule has 0 radical (unpaired) electrons. The third kappa shape index (κ3) is 2.22. The van der Waals surface area contributed by atoms with Gasteiger partial charge in [-0.05, 0) is 23.8 Å². The number of hydrogen-bond donors (Lipinski definition) is 1. The van der Waals surface area contributed by atoms with Crippen LogP contribution in [0.3, 0.4) is 0 Å². The van der Waals surface area contributed by atoms with Gasteiger partial charge in [0.15, 0.2) is 11.5 Å². The minimum Gasteiger partial charge on any atom is -0.493 e. The van der Waals surface area contributed by atoms with Crippen molar-refractivity contribution in [2.45, 2.75) is 6.42 Å². The summed E-state index contributed by atoms with van der Waals surface area (Å²) >= 11 is 0. The van der Waals surface area contributed by atoms with Gasteiger partial charge in [-0.15, -0.1) is 0 Å². The molecule has 6 nitrogen and oxygen atoms in total. The highest BCUT2D eigenvalue weighted by molar-refractivity contribution is 6.04. The van der Waals surface area contributed by atoms with E-state index in [1.54, 1.807) is 20.4 Å². The molecule has 0 spiro atoms. The average molecular weight is 300 g/mol. The van der Waals surface area contributed by atoms with Gasteiger partial charge in [0.05, 0.1) is 26.3 Å². The molecule has 6 heteroatoms. The molecule has 1 aromatic heterocycles. The Balaban J connectivity index is 2.17. The van der Waals surface area contributed by atoms with E-state index in [4.69, 9.17) is 14.6 Å². The average Bonchev–Trinajstić information content (AvgIpc) is 2.53. The van der Waals surface area contributed by atoms with E-state index in [9.17, 15) is 4.79 Å². The predicted molar refractivity (Wildman–Crippen MR) is 83.5 cm³/mol. The molecule has 2 heterocycles. The summed E-state index contributed by atoms with van der Waals surface area (Å²) in [6, 6.07) is 3.78. The van der Waals surface area contributed by atoms with Crippen LogP contribution in [0.1, 0.15) is 12.0 Å². The molecular formula is C16H16N2O4. The normalized spacial score (nSPS) is 12.5. The molecule has 1 aromatic carbocycles. The lowest BCUT2D eigenvalue weighted by Gasteiger charge is -2.26. The molecule has 114 valence electrons. The molecule has 0 fully saturated rings. The first-order chi connectivity index (χ1) is 10.7. The lowest BCUT2D eigenvalue weighted by Crippen LogP contribution is -2.22. The first kappa shape index (κ1) is 14.2. The molecule has 1 N–H and O–H groups in total. The number of carboxylic acids is 1. The zero-order chi connectivity index (χ0) is 15.7. The summed E-state index contributed by atoms with van der Waals surface area (Å²) in [6.45, 7) is 0.402. The van der Waals surface area contributed by atoms with Crippen molar-refractivity contribution in [2.75, 3.05) is 25.7 Å². The molecule has 22 heavy (non-hydrogen) atoms. The van der Waals surface area contributed by atoms with Crippen LogP contribution in [-0.4, -0.2) is 36.8 Å². The minimum absolute atomic E-state index is 0.0662. The quantitative estimate of drug-likeness (QED) is 0.915. The molecule has 0 amide bonds. The maximum Gasteiger partial charge on any atom is 0.305 e. The van der Waals surface area contributed by atoms with Gasteiger partial charge in [-0.25, -0.2) is 0 Å². The first-order valence-electron chi connectivity index (χ1n) is 6.86. The van der Waals surface area contributed by atoms with Gasteiger partial charge in [0.25, 0.3) is 0 Å². The smallest absolute Gasteiger partial charge is 0.305 e.